The Labute approximate surface area is 120 Å². The van der Waals surface area contributed by atoms with E-state index in [2.05, 4.69) is 16.1 Å². The van der Waals surface area contributed by atoms with Gasteiger partial charge in [-0.2, -0.15) is 5.10 Å². The smallest absolute Gasteiger partial charge is 0.0967 e. The van der Waals surface area contributed by atoms with E-state index in [-0.39, 0.29) is 11.7 Å². The molecule has 5 heteroatoms. The Kier molecular flexibility index (Phi) is 4.10. The number of rotatable bonds is 3. The molecule has 1 atom stereocenters. The SMILES string of the molecule is CO[C@@H]1CCCOC12CCN(Cc1ccn(C)n1)CC2. The maximum Gasteiger partial charge on any atom is 0.0967 e. The van der Waals surface area contributed by atoms with E-state index in [1.807, 2.05) is 25.0 Å². The Hall–Kier alpha value is -0.910. The van der Waals surface area contributed by atoms with E-state index in [1.54, 1.807) is 0 Å². The summed E-state index contributed by atoms with van der Waals surface area (Å²) in [6.45, 7) is 3.96. The number of ether oxygens (including phenoxy) is 2. The van der Waals surface area contributed by atoms with Crippen LogP contribution in [0.4, 0.5) is 0 Å². The van der Waals surface area contributed by atoms with Crippen molar-refractivity contribution in [1.29, 1.82) is 0 Å². The van der Waals surface area contributed by atoms with Gasteiger partial charge in [0.25, 0.3) is 0 Å². The van der Waals surface area contributed by atoms with E-state index in [4.69, 9.17) is 9.47 Å². The summed E-state index contributed by atoms with van der Waals surface area (Å²) in [6, 6.07) is 2.10. The minimum absolute atomic E-state index is 0.0341. The molecule has 0 radical (unpaired) electrons. The molecule has 0 aliphatic carbocycles. The normalized spacial score (nSPS) is 27.0. The first kappa shape index (κ1) is 14.0. The second kappa shape index (κ2) is 5.84. The molecule has 0 bridgehead atoms. The monoisotopic (exact) mass is 279 g/mol. The first-order valence-corrected chi connectivity index (χ1v) is 7.59. The molecule has 3 rings (SSSR count). The van der Waals surface area contributed by atoms with Crippen molar-refractivity contribution in [2.45, 2.75) is 43.9 Å². The lowest BCUT2D eigenvalue weighted by Crippen LogP contribution is -2.55. The molecule has 112 valence electrons. The van der Waals surface area contributed by atoms with E-state index in [9.17, 15) is 0 Å². The second-order valence-corrected chi connectivity index (χ2v) is 6.04. The summed E-state index contributed by atoms with van der Waals surface area (Å²) >= 11 is 0. The number of hydrogen-bond donors (Lipinski definition) is 0. The molecule has 1 spiro atoms. The van der Waals surface area contributed by atoms with Gasteiger partial charge in [-0.05, 0) is 31.7 Å². The molecule has 2 aliphatic rings. The average molecular weight is 279 g/mol. The van der Waals surface area contributed by atoms with Gasteiger partial charge in [-0.15, -0.1) is 0 Å². The van der Waals surface area contributed by atoms with Crippen LogP contribution in [0.25, 0.3) is 0 Å². The Morgan fingerprint density at radius 2 is 2.25 bits per heavy atom. The van der Waals surface area contributed by atoms with Gasteiger partial charge >= 0.3 is 0 Å². The molecule has 2 saturated heterocycles. The lowest BCUT2D eigenvalue weighted by Gasteiger charge is -2.48. The number of hydrogen-bond acceptors (Lipinski definition) is 4. The van der Waals surface area contributed by atoms with Crippen molar-refractivity contribution in [1.82, 2.24) is 14.7 Å². The quantitative estimate of drug-likeness (QED) is 0.842. The van der Waals surface area contributed by atoms with Crippen LogP contribution in [0.3, 0.4) is 0 Å². The van der Waals surface area contributed by atoms with Crippen molar-refractivity contribution in [2.24, 2.45) is 7.05 Å². The molecule has 0 unspecified atom stereocenters. The zero-order valence-electron chi connectivity index (χ0n) is 12.5. The maximum atomic E-state index is 6.14. The molecule has 2 aliphatic heterocycles. The molecule has 0 N–H and O–H groups in total. The van der Waals surface area contributed by atoms with Gasteiger partial charge in [-0.1, -0.05) is 0 Å². The number of aryl methyl sites for hydroxylation is 1. The van der Waals surface area contributed by atoms with Crippen LogP contribution < -0.4 is 0 Å². The summed E-state index contributed by atoms with van der Waals surface area (Å²) in [5.74, 6) is 0. The molecule has 2 fully saturated rings. The fraction of sp³-hybridized carbons (Fsp3) is 0.800. The van der Waals surface area contributed by atoms with E-state index in [0.29, 0.717) is 0 Å². The van der Waals surface area contributed by atoms with Gasteiger partial charge < -0.3 is 9.47 Å². The zero-order chi connectivity index (χ0) is 14.0. The molecule has 0 aromatic carbocycles. The topological polar surface area (TPSA) is 39.5 Å². The molecule has 20 heavy (non-hydrogen) atoms. The van der Waals surface area contributed by atoms with E-state index in [0.717, 1.165) is 57.6 Å². The highest BCUT2D eigenvalue weighted by molar-refractivity contribution is 5.01. The lowest BCUT2D eigenvalue weighted by molar-refractivity contribution is -0.186. The third-order valence-electron chi connectivity index (χ3n) is 4.73. The summed E-state index contributed by atoms with van der Waals surface area (Å²) in [5, 5.41) is 4.46. The lowest BCUT2D eigenvalue weighted by atomic mass is 9.82. The highest BCUT2D eigenvalue weighted by atomic mass is 16.5. The van der Waals surface area contributed by atoms with Crippen LogP contribution in [0.2, 0.25) is 0 Å². The average Bonchev–Trinajstić information content (AvgIpc) is 2.87. The number of likely N-dealkylation sites (tertiary alicyclic amines) is 1. The van der Waals surface area contributed by atoms with Gasteiger partial charge in [-0.3, -0.25) is 9.58 Å². The Morgan fingerprint density at radius 1 is 1.45 bits per heavy atom. The molecule has 0 amide bonds. The van der Waals surface area contributed by atoms with Crippen molar-refractivity contribution < 1.29 is 9.47 Å². The fourth-order valence-electron chi connectivity index (χ4n) is 3.57. The standard InChI is InChI=1S/C15H25N3O2/c1-17-8-5-13(16-17)12-18-9-6-15(7-10-18)14(19-2)4-3-11-20-15/h5,8,14H,3-4,6-7,9-12H2,1-2H3/t14-/m1/s1. The van der Waals surface area contributed by atoms with Crippen LogP contribution in [-0.2, 0) is 23.1 Å². The minimum Gasteiger partial charge on any atom is -0.378 e. The highest BCUT2D eigenvalue weighted by Gasteiger charge is 2.44. The summed E-state index contributed by atoms with van der Waals surface area (Å²) in [7, 11) is 3.79. The number of nitrogens with zero attached hydrogens (tertiary/aromatic N) is 3. The zero-order valence-corrected chi connectivity index (χ0v) is 12.5. The van der Waals surface area contributed by atoms with Gasteiger partial charge in [-0.25, -0.2) is 0 Å². The van der Waals surface area contributed by atoms with Gasteiger partial charge in [0.2, 0.25) is 0 Å². The Morgan fingerprint density at radius 3 is 2.90 bits per heavy atom. The third kappa shape index (κ3) is 2.75. The van der Waals surface area contributed by atoms with Gasteiger partial charge in [0.15, 0.2) is 0 Å². The summed E-state index contributed by atoms with van der Waals surface area (Å²) in [4.78, 5) is 2.47. The van der Waals surface area contributed by atoms with Crippen LogP contribution >= 0.6 is 0 Å². The predicted molar refractivity (Wildman–Crippen MR) is 76.4 cm³/mol. The molecule has 0 saturated carbocycles. The van der Waals surface area contributed by atoms with E-state index in [1.165, 1.54) is 0 Å². The molecule has 1 aromatic heterocycles. The third-order valence-corrected chi connectivity index (χ3v) is 4.73. The van der Waals surface area contributed by atoms with Crippen molar-refractivity contribution in [3.8, 4) is 0 Å². The molecular weight excluding hydrogens is 254 g/mol. The molecular formula is C15H25N3O2. The van der Waals surface area contributed by atoms with E-state index < -0.39 is 0 Å². The summed E-state index contributed by atoms with van der Waals surface area (Å²) in [6.07, 6.45) is 6.67. The largest absolute Gasteiger partial charge is 0.378 e. The minimum atomic E-state index is -0.0341. The van der Waals surface area contributed by atoms with Crippen LogP contribution in [0.5, 0.6) is 0 Å². The van der Waals surface area contributed by atoms with Crippen molar-refractivity contribution in [3.63, 3.8) is 0 Å². The number of aromatic nitrogens is 2. The first-order chi connectivity index (χ1) is 9.72. The van der Waals surface area contributed by atoms with E-state index >= 15 is 0 Å². The number of methoxy groups -OCH3 is 1. The van der Waals surface area contributed by atoms with Crippen LogP contribution in [-0.4, -0.2) is 53.2 Å². The first-order valence-electron chi connectivity index (χ1n) is 7.59. The summed E-state index contributed by atoms with van der Waals surface area (Å²) in [5.41, 5.74) is 1.12. The van der Waals surface area contributed by atoms with Crippen molar-refractivity contribution >= 4 is 0 Å². The van der Waals surface area contributed by atoms with Gasteiger partial charge in [0.1, 0.15) is 0 Å². The molecule has 5 nitrogen and oxygen atoms in total. The summed E-state index contributed by atoms with van der Waals surface area (Å²) < 4.78 is 13.7. The molecule has 3 heterocycles. The predicted octanol–water partition coefficient (Wildman–Crippen LogP) is 1.58. The second-order valence-electron chi connectivity index (χ2n) is 6.04. The Bertz CT molecular complexity index is 438. The van der Waals surface area contributed by atoms with Crippen LogP contribution in [0, 0.1) is 0 Å². The van der Waals surface area contributed by atoms with Gasteiger partial charge in [0.05, 0.1) is 17.4 Å². The Balaban J connectivity index is 1.58. The number of piperidine rings is 1. The van der Waals surface area contributed by atoms with Crippen molar-refractivity contribution in [3.05, 3.63) is 18.0 Å². The highest BCUT2D eigenvalue weighted by Crippen LogP contribution is 2.36. The van der Waals surface area contributed by atoms with Crippen molar-refractivity contribution in [2.75, 3.05) is 26.8 Å². The maximum absolute atomic E-state index is 6.14. The fourth-order valence-corrected chi connectivity index (χ4v) is 3.57. The molecule has 1 aromatic rings. The van der Waals surface area contributed by atoms with Crippen LogP contribution in [0.15, 0.2) is 12.3 Å². The van der Waals surface area contributed by atoms with Crippen LogP contribution in [0.1, 0.15) is 31.4 Å². The van der Waals surface area contributed by atoms with Gasteiger partial charge in [0, 0.05) is 46.6 Å².